The van der Waals surface area contributed by atoms with E-state index in [9.17, 15) is 10.1 Å². The zero-order valence-electron chi connectivity index (χ0n) is 11.1. The van der Waals surface area contributed by atoms with Gasteiger partial charge in [-0.1, -0.05) is 48.4 Å². The molecule has 0 radical (unpaired) electrons. The maximum atomic E-state index is 12.7. The topological polar surface area (TPSA) is 50.1 Å². The minimum atomic E-state index is -1.69. The summed E-state index contributed by atoms with van der Waals surface area (Å²) >= 11 is 0. The van der Waals surface area contributed by atoms with Crippen molar-refractivity contribution in [1.82, 2.24) is 0 Å². The number of nitriles is 1. The molecule has 1 aliphatic heterocycles. The minimum absolute atomic E-state index is 0.382. The molecule has 1 aliphatic rings. The zero-order chi connectivity index (χ0) is 14.9. The maximum absolute atomic E-state index is 12.7. The van der Waals surface area contributed by atoms with Crippen LogP contribution in [0.1, 0.15) is 21.8 Å². The van der Waals surface area contributed by atoms with Gasteiger partial charge in [0.15, 0.2) is 0 Å². The van der Waals surface area contributed by atoms with Crippen molar-refractivity contribution < 1.29 is 9.53 Å². The van der Waals surface area contributed by atoms with Crippen LogP contribution < -0.4 is 4.74 Å². The molecule has 0 unspecified atom stereocenters. The normalized spacial score (nSPS) is 20.8. The van der Waals surface area contributed by atoms with Crippen LogP contribution in [-0.2, 0) is 0 Å². The second kappa shape index (κ2) is 4.81. The first kappa shape index (κ1) is 13.0. The van der Waals surface area contributed by atoms with E-state index in [0.717, 1.165) is 0 Å². The van der Waals surface area contributed by atoms with Crippen LogP contribution in [0.3, 0.4) is 0 Å². The van der Waals surface area contributed by atoms with E-state index in [0.29, 0.717) is 16.9 Å². The van der Waals surface area contributed by atoms with Gasteiger partial charge in [-0.3, -0.25) is 4.79 Å². The predicted octanol–water partition coefficient (Wildman–Crippen LogP) is 2.94. The minimum Gasteiger partial charge on any atom is -0.462 e. The number of fused-ring (bicyclic) bond motifs is 1. The van der Waals surface area contributed by atoms with E-state index >= 15 is 0 Å². The Labute approximate surface area is 122 Å². The summed E-state index contributed by atoms with van der Waals surface area (Å²) in [5.74, 6) is 1.81. The van der Waals surface area contributed by atoms with Crippen LogP contribution in [0.5, 0.6) is 5.75 Å². The molecule has 2 atom stereocenters. The Bertz CT molecular complexity index is 783. The molecule has 21 heavy (non-hydrogen) atoms. The molecule has 100 valence electrons. The average molecular weight is 273 g/mol. The molecular formula is C18H11NO2. The van der Waals surface area contributed by atoms with Crippen LogP contribution in [-0.4, -0.2) is 11.4 Å². The van der Waals surface area contributed by atoms with E-state index in [1.165, 1.54) is 0 Å². The number of para-hydroxylation sites is 1. The summed E-state index contributed by atoms with van der Waals surface area (Å²) in [5.41, 5.74) is -0.585. The third-order valence-electron chi connectivity index (χ3n) is 3.61. The van der Waals surface area contributed by atoms with E-state index in [1.54, 1.807) is 36.4 Å². The summed E-state index contributed by atoms with van der Waals surface area (Å²) in [4.78, 5) is 12.7. The number of carbonyl (C=O) groups excluding carboxylic acids is 1. The number of terminal acetylenes is 1. The predicted molar refractivity (Wildman–Crippen MR) is 77.8 cm³/mol. The molecule has 0 N–H and O–H groups in total. The van der Waals surface area contributed by atoms with Gasteiger partial charge < -0.3 is 4.74 Å². The number of Topliss-reactive ketones (excluding diaryl/α,β-unsaturated/α-hetero) is 1. The van der Waals surface area contributed by atoms with Gasteiger partial charge in [-0.15, -0.1) is 6.42 Å². The van der Waals surface area contributed by atoms with Gasteiger partial charge in [-0.2, -0.15) is 5.26 Å². The summed E-state index contributed by atoms with van der Waals surface area (Å²) in [6.07, 6.45) is 5.61. The van der Waals surface area contributed by atoms with Crippen LogP contribution in [0.2, 0.25) is 0 Å². The molecule has 3 nitrogen and oxygen atoms in total. The quantitative estimate of drug-likeness (QED) is 0.790. The molecule has 0 saturated carbocycles. The van der Waals surface area contributed by atoms with E-state index < -0.39 is 11.5 Å². The first-order valence-electron chi connectivity index (χ1n) is 6.48. The van der Waals surface area contributed by atoms with Gasteiger partial charge in [0.05, 0.1) is 5.56 Å². The number of hydrogen-bond acceptors (Lipinski definition) is 3. The molecule has 0 amide bonds. The number of hydrogen-bond donors (Lipinski definition) is 0. The molecule has 0 fully saturated rings. The SMILES string of the molecule is C#C[C@H](c1ccccc1)[C@@]1(C#N)Oc2ccccc2C1=O. The van der Waals surface area contributed by atoms with Crippen molar-refractivity contribution in [3.63, 3.8) is 0 Å². The zero-order valence-corrected chi connectivity index (χ0v) is 11.1. The van der Waals surface area contributed by atoms with E-state index in [2.05, 4.69) is 5.92 Å². The maximum Gasteiger partial charge on any atom is 0.274 e. The molecule has 3 heteroatoms. The van der Waals surface area contributed by atoms with Gasteiger partial charge in [0.2, 0.25) is 5.78 Å². The second-order valence-electron chi connectivity index (χ2n) is 4.79. The summed E-state index contributed by atoms with van der Waals surface area (Å²) in [6, 6.07) is 17.9. The van der Waals surface area contributed by atoms with Gasteiger partial charge in [0, 0.05) is 0 Å². The Morgan fingerprint density at radius 2 is 1.76 bits per heavy atom. The number of benzene rings is 2. The monoisotopic (exact) mass is 273 g/mol. The van der Waals surface area contributed by atoms with Gasteiger partial charge >= 0.3 is 0 Å². The smallest absolute Gasteiger partial charge is 0.274 e. The fourth-order valence-electron chi connectivity index (χ4n) is 2.59. The van der Waals surface area contributed by atoms with E-state index in [-0.39, 0.29) is 5.78 Å². The second-order valence-corrected chi connectivity index (χ2v) is 4.79. The molecule has 0 saturated heterocycles. The van der Waals surface area contributed by atoms with Gasteiger partial charge in [0.25, 0.3) is 5.60 Å². The summed E-state index contributed by atoms with van der Waals surface area (Å²) < 4.78 is 5.71. The molecule has 2 aromatic carbocycles. The molecule has 3 rings (SSSR count). The highest BCUT2D eigenvalue weighted by atomic mass is 16.5. The number of nitrogens with zero attached hydrogens (tertiary/aromatic N) is 1. The number of rotatable bonds is 2. The van der Waals surface area contributed by atoms with Crippen LogP contribution in [0.15, 0.2) is 54.6 Å². The molecule has 2 aromatic rings. The lowest BCUT2D eigenvalue weighted by atomic mass is 9.80. The highest BCUT2D eigenvalue weighted by molar-refractivity contribution is 6.10. The molecular weight excluding hydrogens is 262 g/mol. The largest absolute Gasteiger partial charge is 0.462 e. The molecule has 1 heterocycles. The average Bonchev–Trinajstić information content (AvgIpc) is 2.83. The Balaban J connectivity index is 2.14. The number of ketones is 1. The van der Waals surface area contributed by atoms with Crippen molar-refractivity contribution in [3.05, 3.63) is 65.7 Å². The van der Waals surface area contributed by atoms with Crippen molar-refractivity contribution in [2.75, 3.05) is 0 Å². The van der Waals surface area contributed by atoms with Crippen LogP contribution in [0, 0.1) is 23.7 Å². The fraction of sp³-hybridized carbons (Fsp3) is 0.111. The van der Waals surface area contributed by atoms with Crippen LogP contribution in [0.25, 0.3) is 0 Å². The van der Waals surface area contributed by atoms with Crippen molar-refractivity contribution >= 4 is 5.78 Å². The van der Waals surface area contributed by atoms with Gasteiger partial charge in [-0.25, -0.2) is 0 Å². The first-order chi connectivity index (χ1) is 10.2. The van der Waals surface area contributed by atoms with Crippen molar-refractivity contribution in [2.45, 2.75) is 11.5 Å². The third kappa shape index (κ3) is 1.80. The lowest BCUT2D eigenvalue weighted by Crippen LogP contribution is -2.44. The molecule has 0 spiro atoms. The summed E-state index contributed by atoms with van der Waals surface area (Å²) in [5, 5.41) is 9.63. The molecule has 0 aliphatic carbocycles. The highest BCUT2D eigenvalue weighted by Gasteiger charge is 2.54. The van der Waals surface area contributed by atoms with E-state index in [1.807, 2.05) is 24.3 Å². The van der Waals surface area contributed by atoms with Crippen molar-refractivity contribution in [1.29, 1.82) is 5.26 Å². The summed E-state index contributed by atoms with van der Waals surface area (Å²) in [7, 11) is 0. The third-order valence-corrected chi connectivity index (χ3v) is 3.61. The van der Waals surface area contributed by atoms with Gasteiger partial charge in [-0.05, 0) is 17.7 Å². The fourth-order valence-corrected chi connectivity index (χ4v) is 2.59. The number of carbonyl (C=O) groups is 1. The Morgan fingerprint density at radius 3 is 2.38 bits per heavy atom. The van der Waals surface area contributed by atoms with Crippen molar-refractivity contribution in [3.8, 4) is 24.2 Å². The molecule has 0 bridgehead atoms. The Morgan fingerprint density at radius 1 is 1.10 bits per heavy atom. The van der Waals surface area contributed by atoms with Crippen LogP contribution >= 0.6 is 0 Å². The van der Waals surface area contributed by atoms with Crippen molar-refractivity contribution in [2.24, 2.45) is 0 Å². The lowest BCUT2D eigenvalue weighted by molar-refractivity contribution is 0.0702. The van der Waals surface area contributed by atoms with Gasteiger partial charge in [0.1, 0.15) is 17.7 Å². The Hall–Kier alpha value is -3.04. The summed E-state index contributed by atoms with van der Waals surface area (Å²) in [6.45, 7) is 0. The molecule has 0 aromatic heterocycles. The standard InChI is InChI=1S/C18H11NO2/c1-2-15(13-8-4-3-5-9-13)18(12-19)17(20)14-10-6-7-11-16(14)21-18/h1,3-11,15H/t15-,18-/m1/s1. The Kier molecular flexibility index (Phi) is 2.97. The first-order valence-corrected chi connectivity index (χ1v) is 6.48. The highest BCUT2D eigenvalue weighted by Crippen LogP contribution is 2.42. The van der Waals surface area contributed by atoms with Crippen LogP contribution in [0.4, 0.5) is 0 Å². The van der Waals surface area contributed by atoms with E-state index in [4.69, 9.17) is 11.2 Å². The number of ether oxygens (including phenoxy) is 1. The lowest BCUT2D eigenvalue weighted by Gasteiger charge is -2.25.